The Kier molecular flexibility index (Phi) is 3.42. The van der Waals surface area contributed by atoms with Gasteiger partial charge in [0.25, 0.3) is 0 Å². The number of hydrogen-bond acceptors (Lipinski definition) is 1. The average molecular weight is 204 g/mol. The number of ether oxygens (including phenoxy) is 1. The predicted octanol–water partition coefficient (Wildman–Crippen LogP) is 3.44. The van der Waals surface area contributed by atoms with Gasteiger partial charge in [-0.3, -0.25) is 0 Å². The van der Waals surface area contributed by atoms with Crippen LogP contribution in [0.4, 0.5) is 0 Å². The standard InChI is InChI=1S/C14H20O/c1-2-15-12-14(9-6-10-14)11-13-7-4-3-5-8-13/h3-5,7-8H,2,6,9-12H2,1H3. The summed E-state index contributed by atoms with van der Waals surface area (Å²) < 4.78 is 5.61. The van der Waals surface area contributed by atoms with Gasteiger partial charge in [-0.25, -0.2) is 0 Å². The molecular formula is C14H20O. The lowest BCUT2D eigenvalue weighted by Gasteiger charge is -2.41. The van der Waals surface area contributed by atoms with Crippen LogP contribution >= 0.6 is 0 Å². The van der Waals surface area contributed by atoms with E-state index in [-0.39, 0.29) is 0 Å². The maximum absolute atomic E-state index is 5.61. The molecule has 1 aromatic carbocycles. The van der Waals surface area contributed by atoms with E-state index in [0.717, 1.165) is 13.2 Å². The van der Waals surface area contributed by atoms with Crippen LogP contribution in [-0.4, -0.2) is 13.2 Å². The van der Waals surface area contributed by atoms with Crippen molar-refractivity contribution in [2.75, 3.05) is 13.2 Å². The van der Waals surface area contributed by atoms with E-state index in [9.17, 15) is 0 Å². The number of hydrogen-bond donors (Lipinski definition) is 0. The van der Waals surface area contributed by atoms with Gasteiger partial charge < -0.3 is 4.74 Å². The zero-order chi connectivity index (χ0) is 10.6. The second-order valence-corrected chi connectivity index (χ2v) is 4.65. The summed E-state index contributed by atoms with van der Waals surface area (Å²) in [4.78, 5) is 0. The molecular weight excluding hydrogens is 184 g/mol. The minimum absolute atomic E-state index is 0.456. The van der Waals surface area contributed by atoms with E-state index in [2.05, 4.69) is 37.3 Å². The van der Waals surface area contributed by atoms with Crippen LogP contribution in [0.15, 0.2) is 30.3 Å². The van der Waals surface area contributed by atoms with Crippen LogP contribution in [0.2, 0.25) is 0 Å². The largest absolute Gasteiger partial charge is 0.381 e. The summed E-state index contributed by atoms with van der Waals surface area (Å²) >= 11 is 0. The molecule has 82 valence electrons. The van der Waals surface area contributed by atoms with Gasteiger partial charge >= 0.3 is 0 Å². The first-order valence-electron chi connectivity index (χ1n) is 5.96. The first-order chi connectivity index (χ1) is 7.35. The van der Waals surface area contributed by atoms with E-state index in [4.69, 9.17) is 4.74 Å². The fourth-order valence-electron chi connectivity index (χ4n) is 2.40. The Hall–Kier alpha value is -0.820. The van der Waals surface area contributed by atoms with Gasteiger partial charge in [-0.15, -0.1) is 0 Å². The molecule has 0 aliphatic heterocycles. The molecule has 0 unspecified atom stereocenters. The highest BCUT2D eigenvalue weighted by Crippen LogP contribution is 2.43. The molecule has 1 fully saturated rings. The minimum atomic E-state index is 0.456. The van der Waals surface area contributed by atoms with Crippen molar-refractivity contribution in [3.63, 3.8) is 0 Å². The molecule has 0 N–H and O–H groups in total. The van der Waals surface area contributed by atoms with E-state index in [1.54, 1.807) is 0 Å². The second-order valence-electron chi connectivity index (χ2n) is 4.65. The lowest BCUT2D eigenvalue weighted by Crippen LogP contribution is -2.36. The molecule has 1 saturated carbocycles. The zero-order valence-electron chi connectivity index (χ0n) is 9.54. The van der Waals surface area contributed by atoms with Gasteiger partial charge in [0.1, 0.15) is 0 Å². The summed E-state index contributed by atoms with van der Waals surface area (Å²) in [6, 6.07) is 10.8. The Morgan fingerprint density at radius 1 is 1.20 bits per heavy atom. The summed E-state index contributed by atoms with van der Waals surface area (Å²) in [6.45, 7) is 3.86. The molecule has 0 bridgehead atoms. The van der Waals surface area contributed by atoms with Gasteiger partial charge in [0.15, 0.2) is 0 Å². The minimum Gasteiger partial charge on any atom is -0.381 e. The topological polar surface area (TPSA) is 9.23 Å². The molecule has 15 heavy (non-hydrogen) atoms. The molecule has 1 heteroatoms. The van der Waals surface area contributed by atoms with Gasteiger partial charge in [-0.05, 0) is 37.2 Å². The van der Waals surface area contributed by atoms with Crippen LogP contribution in [0.3, 0.4) is 0 Å². The monoisotopic (exact) mass is 204 g/mol. The lowest BCUT2D eigenvalue weighted by atomic mass is 9.66. The SMILES string of the molecule is CCOCC1(Cc2ccccc2)CCC1. The highest BCUT2D eigenvalue weighted by molar-refractivity contribution is 5.17. The molecule has 1 aliphatic carbocycles. The molecule has 0 heterocycles. The van der Waals surface area contributed by atoms with E-state index < -0.39 is 0 Å². The van der Waals surface area contributed by atoms with Crippen LogP contribution < -0.4 is 0 Å². The third kappa shape index (κ3) is 2.60. The van der Waals surface area contributed by atoms with Crippen molar-refractivity contribution in [2.24, 2.45) is 5.41 Å². The van der Waals surface area contributed by atoms with Gasteiger partial charge in [0, 0.05) is 6.61 Å². The van der Waals surface area contributed by atoms with Gasteiger partial charge in [-0.2, -0.15) is 0 Å². The summed E-state index contributed by atoms with van der Waals surface area (Å²) in [5.41, 5.74) is 1.91. The molecule has 1 nitrogen and oxygen atoms in total. The number of benzene rings is 1. The van der Waals surface area contributed by atoms with Crippen LogP contribution in [0.1, 0.15) is 31.7 Å². The Bertz CT molecular complexity index is 287. The quantitative estimate of drug-likeness (QED) is 0.714. The van der Waals surface area contributed by atoms with Crippen LogP contribution in [-0.2, 0) is 11.2 Å². The Morgan fingerprint density at radius 3 is 2.47 bits per heavy atom. The van der Waals surface area contributed by atoms with Crippen molar-refractivity contribution in [1.82, 2.24) is 0 Å². The van der Waals surface area contributed by atoms with E-state index in [1.807, 2.05) is 0 Å². The van der Waals surface area contributed by atoms with Gasteiger partial charge in [-0.1, -0.05) is 36.8 Å². The molecule has 0 radical (unpaired) electrons. The lowest BCUT2D eigenvalue weighted by molar-refractivity contribution is -0.00123. The smallest absolute Gasteiger partial charge is 0.0525 e. The normalized spacial score (nSPS) is 18.5. The van der Waals surface area contributed by atoms with Gasteiger partial charge in [0.05, 0.1) is 6.61 Å². The molecule has 0 atom stereocenters. The predicted molar refractivity (Wildman–Crippen MR) is 62.9 cm³/mol. The summed E-state index contributed by atoms with van der Waals surface area (Å²) in [5.74, 6) is 0. The average Bonchev–Trinajstić information content (AvgIpc) is 2.23. The van der Waals surface area contributed by atoms with Crippen LogP contribution in [0.25, 0.3) is 0 Å². The molecule has 0 saturated heterocycles. The summed E-state index contributed by atoms with van der Waals surface area (Å²) in [5, 5.41) is 0. The molecule has 1 aromatic rings. The Labute approximate surface area is 92.5 Å². The van der Waals surface area contributed by atoms with Crippen LogP contribution in [0.5, 0.6) is 0 Å². The molecule has 0 amide bonds. The van der Waals surface area contributed by atoms with Crippen molar-refractivity contribution in [3.05, 3.63) is 35.9 Å². The Balaban J connectivity index is 1.96. The third-order valence-corrected chi connectivity index (χ3v) is 3.45. The molecule has 1 aliphatic rings. The fourth-order valence-corrected chi connectivity index (χ4v) is 2.40. The summed E-state index contributed by atoms with van der Waals surface area (Å²) in [6.07, 6.45) is 5.23. The third-order valence-electron chi connectivity index (χ3n) is 3.45. The van der Waals surface area contributed by atoms with E-state index >= 15 is 0 Å². The van der Waals surface area contributed by atoms with E-state index in [0.29, 0.717) is 5.41 Å². The van der Waals surface area contributed by atoms with Gasteiger partial charge in [0.2, 0.25) is 0 Å². The molecule has 0 aromatic heterocycles. The van der Waals surface area contributed by atoms with Crippen molar-refractivity contribution >= 4 is 0 Å². The van der Waals surface area contributed by atoms with Crippen LogP contribution in [0, 0.1) is 5.41 Å². The highest BCUT2D eigenvalue weighted by Gasteiger charge is 2.36. The fraction of sp³-hybridized carbons (Fsp3) is 0.571. The maximum Gasteiger partial charge on any atom is 0.0525 e. The highest BCUT2D eigenvalue weighted by atomic mass is 16.5. The maximum atomic E-state index is 5.61. The molecule has 0 spiro atoms. The van der Waals surface area contributed by atoms with Crippen molar-refractivity contribution in [1.29, 1.82) is 0 Å². The van der Waals surface area contributed by atoms with Crippen molar-refractivity contribution in [3.8, 4) is 0 Å². The van der Waals surface area contributed by atoms with E-state index in [1.165, 1.54) is 31.2 Å². The Morgan fingerprint density at radius 2 is 1.93 bits per heavy atom. The van der Waals surface area contributed by atoms with Crippen molar-refractivity contribution in [2.45, 2.75) is 32.6 Å². The number of rotatable bonds is 5. The second kappa shape index (κ2) is 4.80. The first kappa shape index (κ1) is 10.7. The first-order valence-corrected chi connectivity index (χ1v) is 5.96. The molecule has 2 rings (SSSR count). The van der Waals surface area contributed by atoms with Crippen molar-refractivity contribution < 1.29 is 4.74 Å². The zero-order valence-corrected chi connectivity index (χ0v) is 9.54. The summed E-state index contributed by atoms with van der Waals surface area (Å²) in [7, 11) is 0.